The van der Waals surface area contributed by atoms with E-state index in [1.807, 2.05) is 19.1 Å². The zero-order valence-corrected chi connectivity index (χ0v) is 15.2. The van der Waals surface area contributed by atoms with Crippen LogP contribution in [0.5, 0.6) is 0 Å². The molecule has 0 saturated heterocycles. The lowest BCUT2D eigenvalue weighted by Crippen LogP contribution is -2.28. The van der Waals surface area contributed by atoms with Crippen LogP contribution in [0.1, 0.15) is 36.6 Å². The Morgan fingerprint density at radius 3 is 2.28 bits per heavy atom. The van der Waals surface area contributed by atoms with E-state index in [1.54, 1.807) is 12.1 Å². The van der Waals surface area contributed by atoms with Crippen molar-refractivity contribution in [3.8, 4) is 0 Å². The van der Waals surface area contributed by atoms with Gasteiger partial charge >= 0.3 is 0 Å². The van der Waals surface area contributed by atoms with Crippen LogP contribution in [0.25, 0.3) is 0 Å². The number of non-ortho nitro benzene ring substituents is 1. The highest BCUT2D eigenvalue weighted by Gasteiger charge is 2.10. The molecular weight excluding hydrogens is 336 g/mol. The number of amides is 1. The molecule has 0 spiro atoms. The number of thioether (sulfide) groups is 1. The van der Waals surface area contributed by atoms with Gasteiger partial charge in [0.1, 0.15) is 0 Å². The Balaban J connectivity index is 1.76. The summed E-state index contributed by atoms with van der Waals surface area (Å²) in [7, 11) is 0. The summed E-state index contributed by atoms with van der Waals surface area (Å²) in [5.41, 5.74) is 3.41. The second kappa shape index (κ2) is 9.22. The minimum Gasteiger partial charge on any atom is -0.349 e. The highest BCUT2D eigenvalue weighted by atomic mass is 32.2. The Labute approximate surface area is 152 Å². The van der Waals surface area contributed by atoms with Gasteiger partial charge in [-0.15, -0.1) is 11.8 Å². The fraction of sp³-hybridized carbons (Fsp3) is 0.316. The first-order valence-electron chi connectivity index (χ1n) is 8.19. The van der Waals surface area contributed by atoms with Crippen molar-refractivity contribution in [2.24, 2.45) is 0 Å². The maximum absolute atomic E-state index is 12.1. The summed E-state index contributed by atoms with van der Waals surface area (Å²) >= 11 is 1.49. The molecule has 2 aromatic rings. The normalized spacial score (nSPS) is 11.8. The molecule has 0 heterocycles. The second-order valence-electron chi connectivity index (χ2n) is 5.80. The highest BCUT2D eigenvalue weighted by molar-refractivity contribution is 7.99. The number of rotatable bonds is 8. The van der Waals surface area contributed by atoms with Gasteiger partial charge in [0.25, 0.3) is 5.69 Å². The van der Waals surface area contributed by atoms with Crippen molar-refractivity contribution in [3.05, 3.63) is 75.3 Å². The summed E-state index contributed by atoms with van der Waals surface area (Å²) in [5.74, 6) is 0.985. The average Bonchev–Trinajstić information content (AvgIpc) is 2.62. The summed E-state index contributed by atoms with van der Waals surface area (Å²) in [6.07, 6.45) is 1.00. The molecule has 132 valence electrons. The molecule has 0 unspecified atom stereocenters. The summed E-state index contributed by atoms with van der Waals surface area (Å²) < 4.78 is 0. The van der Waals surface area contributed by atoms with E-state index in [0.29, 0.717) is 11.5 Å². The Hall–Kier alpha value is -2.34. The fourth-order valence-corrected chi connectivity index (χ4v) is 3.18. The summed E-state index contributed by atoms with van der Waals surface area (Å²) in [6, 6.07) is 14.7. The van der Waals surface area contributed by atoms with Gasteiger partial charge in [0, 0.05) is 17.9 Å². The van der Waals surface area contributed by atoms with E-state index in [-0.39, 0.29) is 17.6 Å². The molecule has 0 saturated carbocycles. The maximum atomic E-state index is 12.1. The zero-order valence-electron chi connectivity index (χ0n) is 14.4. The average molecular weight is 358 g/mol. The van der Waals surface area contributed by atoms with Crippen LogP contribution in [0.3, 0.4) is 0 Å². The first kappa shape index (κ1) is 19.0. The first-order valence-corrected chi connectivity index (χ1v) is 9.34. The van der Waals surface area contributed by atoms with Crippen LogP contribution < -0.4 is 5.32 Å². The standard InChI is InChI=1S/C19H22N2O3S/c1-3-15-4-8-17(9-5-15)14(2)20-19(22)13-25-12-16-6-10-18(11-7-16)21(23)24/h4-11,14H,3,12-13H2,1-2H3,(H,20,22)/t14-/m0/s1. The molecule has 0 radical (unpaired) electrons. The zero-order chi connectivity index (χ0) is 18.2. The Morgan fingerprint density at radius 1 is 1.12 bits per heavy atom. The van der Waals surface area contributed by atoms with Crippen molar-refractivity contribution in [3.63, 3.8) is 0 Å². The maximum Gasteiger partial charge on any atom is 0.269 e. The van der Waals surface area contributed by atoms with Crippen molar-refractivity contribution in [1.29, 1.82) is 0 Å². The third kappa shape index (κ3) is 5.90. The van der Waals surface area contributed by atoms with Crippen molar-refractivity contribution in [2.75, 3.05) is 5.75 Å². The quantitative estimate of drug-likeness (QED) is 0.565. The van der Waals surface area contributed by atoms with E-state index in [0.717, 1.165) is 17.5 Å². The topological polar surface area (TPSA) is 72.2 Å². The van der Waals surface area contributed by atoms with Crippen LogP contribution in [0.2, 0.25) is 0 Å². The molecule has 2 rings (SSSR count). The number of benzene rings is 2. The predicted molar refractivity (Wildman–Crippen MR) is 102 cm³/mol. The lowest BCUT2D eigenvalue weighted by molar-refractivity contribution is -0.384. The molecule has 25 heavy (non-hydrogen) atoms. The Morgan fingerprint density at radius 2 is 1.72 bits per heavy atom. The SMILES string of the molecule is CCc1ccc([C@H](C)NC(=O)CSCc2ccc([N+](=O)[O-])cc2)cc1. The van der Waals surface area contributed by atoms with Gasteiger partial charge in [0.2, 0.25) is 5.91 Å². The third-order valence-corrected chi connectivity index (χ3v) is 4.92. The Kier molecular flexibility index (Phi) is 7.01. The molecule has 0 bridgehead atoms. The molecule has 0 fully saturated rings. The van der Waals surface area contributed by atoms with Crippen LogP contribution in [0.4, 0.5) is 5.69 Å². The molecule has 0 aromatic heterocycles. The van der Waals surface area contributed by atoms with Crippen molar-refractivity contribution in [1.82, 2.24) is 5.32 Å². The van der Waals surface area contributed by atoms with Crippen LogP contribution in [0.15, 0.2) is 48.5 Å². The molecule has 1 atom stereocenters. The largest absolute Gasteiger partial charge is 0.349 e. The van der Waals surface area contributed by atoms with E-state index >= 15 is 0 Å². The summed E-state index contributed by atoms with van der Waals surface area (Å²) in [4.78, 5) is 22.3. The number of nitrogens with zero attached hydrogens (tertiary/aromatic N) is 1. The van der Waals surface area contributed by atoms with Gasteiger partial charge in [-0.25, -0.2) is 0 Å². The van der Waals surface area contributed by atoms with Gasteiger partial charge in [0.15, 0.2) is 0 Å². The number of carbonyl (C=O) groups excluding carboxylic acids is 1. The van der Waals surface area contributed by atoms with Crippen molar-refractivity contribution < 1.29 is 9.72 Å². The van der Waals surface area contributed by atoms with E-state index in [9.17, 15) is 14.9 Å². The molecule has 0 aliphatic rings. The molecule has 2 aromatic carbocycles. The van der Waals surface area contributed by atoms with E-state index in [2.05, 4.69) is 24.4 Å². The fourth-order valence-electron chi connectivity index (χ4n) is 2.38. The van der Waals surface area contributed by atoms with Gasteiger partial charge < -0.3 is 5.32 Å². The predicted octanol–water partition coefficient (Wildman–Crippen LogP) is 4.27. The van der Waals surface area contributed by atoms with E-state index < -0.39 is 4.92 Å². The first-order chi connectivity index (χ1) is 12.0. The Bertz CT molecular complexity index is 714. The number of hydrogen-bond donors (Lipinski definition) is 1. The van der Waals surface area contributed by atoms with Crippen LogP contribution in [0, 0.1) is 10.1 Å². The van der Waals surface area contributed by atoms with Gasteiger partial charge in [-0.1, -0.05) is 43.3 Å². The monoisotopic (exact) mass is 358 g/mol. The second-order valence-corrected chi connectivity index (χ2v) is 6.79. The van der Waals surface area contributed by atoms with Crippen LogP contribution >= 0.6 is 11.8 Å². The molecule has 0 aliphatic heterocycles. The minimum atomic E-state index is -0.418. The highest BCUT2D eigenvalue weighted by Crippen LogP contribution is 2.18. The van der Waals surface area contributed by atoms with Gasteiger partial charge in [-0.3, -0.25) is 14.9 Å². The number of nitrogens with one attached hydrogen (secondary N) is 1. The van der Waals surface area contributed by atoms with E-state index in [1.165, 1.54) is 29.5 Å². The number of nitro benzene ring substituents is 1. The van der Waals surface area contributed by atoms with Gasteiger partial charge in [0.05, 0.1) is 16.7 Å². The number of hydrogen-bond acceptors (Lipinski definition) is 4. The van der Waals surface area contributed by atoms with Crippen LogP contribution in [-0.4, -0.2) is 16.6 Å². The lowest BCUT2D eigenvalue weighted by Gasteiger charge is -2.14. The number of nitro groups is 1. The molecular formula is C19H22N2O3S. The van der Waals surface area contributed by atoms with E-state index in [4.69, 9.17) is 0 Å². The van der Waals surface area contributed by atoms with Crippen molar-refractivity contribution in [2.45, 2.75) is 32.1 Å². The van der Waals surface area contributed by atoms with Gasteiger partial charge in [-0.05, 0) is 30.0 Å². The number of carbonyl (C=O) groups is 1. The summed E-state index contributed by atoms with van der Waals surface area (Å²) in [5, 5.41) is 13.6. The molecule has 6 heteroatoms. The van der Waals surface area contributed by atoms with Crippen molar-refractivity contribution >= 4 is 23.4 Å². The molecule has 1 amide bonds. The molecule has 0 aliphatic carbocycles. The molecule has 5 nitrogen and oxygen atoms in total. The third-order valence-electron chi connectivity index (χ3n) is 3.91. The minimum absolute atomic E-state index is 0.0148. The smallest absolute Gasteiger partial charge is 0.269 e. The number of aryl methyl sites for hydroxylation is 1. The lowest BCUT2D eigenvalue weighted by atomic mass is 10.1. The summed E-state index contributed by atoms with van der Waals surface area (Å²) in [6.45, 7) is 4.09. The molecule has 1 N–H and O–H groups in total. The van der Waals surface area contributed by atoms with Crippen LogP contribution in [-0.2, 0) is 17.0 Å². The van der Waals surface area contributed by atoms with Gasteiger partial charge in [-0.2, -0.15) is 0 Å².